The molecule has 2 heterocycles. The van der Waals surface area contributed by atoms with Crippen LogP contribution in [0.1, 0.15) is 16.9 Å². The summed E-state index contributed by atoms with van der Waals surface area (Å²) >= 11 is 5.41. The molecule has 0 bridgehead atoms. The van der Waals surface area contributed by atoms with Crippen LogP contribution in [0.4, 0.5) is 0 Å². The Morgan fingerprint density at radius 2 is 1.84 bits per heavy atom. The van der Waals surface area contributed by atoms with Gasteiger partial charge in [-0.2, -0.15) is 0 Å². The Labute approximate surface area is 162 Å². The van der Waals surface area contributed by atoms with Gasteiger partial charge in [0.05, 0.1) is 6.54 Å². The van der Waals surface area contributed by atoms with Gasteiger partial charge in [0.1, 0.15) is 0 Å². The molecule has 6 heteroatoms. The summed E-state index contributed by atoms with van der Waals surface area (Å²) in [6, 6.07) is 12.2. The van der Waals surface area contributed by atoms with Crippen molar-refractivity contribution in [3.05, 3.63) is 56.7 Å². The van der Waals surface area contributed by atoms with E-state index in [4.69, 9.17) is 0 Å². The molecule has 1 N–H and O–H groups in total. The molecule has 0 spiro atoms. The van der Waals surface area contributed by atoms with Crippen LogP contribution in [0.15, 0.2) is 46.3 Å². The monoisotopic (exact) mass is 421 g/mol. The number of carbonyl (C=O) groups is 1. The maximum Gasteiger partial charge on any atom is 0.234 e. The van der Waals surface area contributed by atoms with Crippen LogP contribution in [-0.2, 0) is 17.9 Å². The largest absolute Gasteiger partial charge is 0.351 e. The van der Waals surface area contributed by atoms with Crippen molar-refractivity contribution in [3.8, 4) is 0 Å². The Kier molecular flexibility index (Phi) is 7.04. The van der Waals surface area contributed by atoms with Crippen molar-refractivity contribution in [2.75, 3.05) is 32.7 Å². The average molecular weight is 422 g/mol. The van der Waals surface area contributed by atoms with Crippen LogP contribution in [0.25, 0.3) is 0 Å². The van der Waals surface area contributed by atoms with Crippen LogP contribution >= 0.6 is 27.3 Å². The van der Waals surface area contributed by atoms with E-state index in [0.717, 1.165) is 44.7 Å². The van der Waals surface area contributed by atoms with E-state index < -0.39 is 0 Å². The van der Waals surface area contributed by atoms with E-state index in [1.54, 1.807) is 11.3 Å². The lowest BCUT2D eigenvalue weighted by Gasteiger charge is -2.21. The Balaban J connectivity index is 1.42. The van der Waals surface area contributed by atoms with Gasteiger partial charge in [-0.15, -0.1) is 11.3 Å². The van der Waals surface area contributed by atoms with E-state index in [-0.39, 0.29) is 5.91 Å². The van der Waals surface area contributed by atoms with E-state index in [0.29, 0.717) is 13.1 Å². The number of rotatable bonds is 6. The summed E-state index contributed by atoms with van der Waals surface area (Å²) in [5, 5.41) is 5.15. The van der Waals surface area contributed by atoms with E-state index in [1.807, 2.05) is 30.3 Å². The molecule has 25 heavy (non-hydrogen) atoms. The van der Waals surface area contributed by atoms with Gasteiger partial charge in [0, 0.05) is 35.5 Å². The van der Waals surface area contributed by atoms with Crippen molar-refractivity contribution in [3.63, 3.8) is 0 Å². The van der Waals surface area contributed by atoms with Crippen LogP contribution in [-0.4, -0.2) is 48.4 Å². The van der Waals surface area contributed by atoms with Crippen molar-refractivity contribution < 1.29 is 4.79 Å². The molecule has 0 radical (unpaired) electrons. The molecule has 1 aromatic carbocycles. The van der Waals surface area contributed by atoms with Gasteiger partial charge in [0.2, 0.25) is 5.91 Å². The highest BCUT2D eigenvalue weighted by molar-refractivity contribution is 9.10. The van der Waals surface area contributed by atoms with E-state index in [2.05, 4.69) is 42.5 Å². The first-order valence-electron chi connectivity index (χ1n) is 8.68. The number of hydrogen-bond acceptors (Lipinski definition) is 4. The molecule has 1 aromatic heterocycles. The minimum atomic E-state index is 0.110. The van der Waals surface area contributed by atoms with E-state index in [9.17, 15) is 4.79 Å². The number of nitrogens with one attached hydrogen (secondary N) is 1. The van der Waals surface area contributed by atoms with Crippen molar-refractivity contribution in [1.29, 1.82) is 0 Å². The lowest BCUT2D eigenvalue weighted by molar-refractivity contribution is -0.122. The van der Waals surface area contributed by atoms with Gasteiger partial charge in [-0.05, 0) is 52.5 Å². The lowest BCUT2D eigenvalue weighted by atomic mass is 10.2. The van der Waals surface area contributed by atoms with Crippen molar-refractivity contribution >= 4 is 33.2 Å². The Morgan fingerprint density at radius 1 is 1.08 bits per heavy atom. The fourth-order valence-electron chi connectivity index (χ4n) is 3.04. The maximum absolute atomic E-state index is 12.2. The summed E-state index contributed by atoms with van der Waals surface area (Å²) in [7, 11) is 0. The van der Waals surface area contributed by atoms with Crippen molar-refractivity contribution in [2.24, 2.45) is 0 Å². The SMILES string of the molecule is O=C(CN1CCCN(Cc2sccc2Br)CC1)NCc1ccccc1. The molecule has 1 aliphatic heterocycles. The van der Waals surface area contributed by atoms with Gasteiger partial charge in [0.15, 0.2) is 0 Å². The maximum atomic E-state index is 12.2. The molecule has 1 aliphatic rings. The normalized spacial score (nSPS) is 16.5. The Hall–Kier alpha value is -1.21. The van der Waals surface area contributed by atoms with Crippen molar-refractivity contribution in [1.82, 2.24) is 15.1 Å². The zero-order valence-electron chi connectivity index (χ0n) is 14.3. The first kappa shape index (κ1) is 18.6. The molecule has 0 unspecified atom stereocenters. The highest BCUT2D eigenvalue weighted by Gasteiger charge is 2.18. The highest BCUT2D eigenvalue weighted by Crippen LogP contribution is 2.24. The average Bonchev–Trinajstić information content (AvgIpc) is 2.89. The molecule has 4 nitrogen and oxygen atoms in total. The first-order chi connectivity index (χ1) is 12.2. The fraction of sp³-hybridized carbons (Fsp3) is 0.421. The van der Waals surface area contributed by atoms with Crippen molar-refractivity contribution in [2.45, 2.75) is 19.5 Å². The molecular weight excluding hydrogens is 398 g/mol. The first-order valence-corrected chi connectivity index (χ1v) is 10.3. The summed E-state index contributed by atoms with van der Waals surface area (Å²) in [5.41, 5.74) is 1.14. The van der Waals surface area contributed by atoms with Crippen LogP contribution < -0.4 is 5.32 Å². The zero-order chi connectivity index (χ0) is 17.5. The second-order valence-electron chi connectivity index (χ2n) is 6.36. The standard InChI is InChI=1S/C19H24BrN3OS/c20-17-7-12-25-18(17)14-22-8-4-9-23(11-10-22)15-19(24)21-13-16-5-2-1-3-6-16/h1-3,5-7,12H,4,8-11,13-15H2,(H,21,24). The molecule has 134 valence electrons. The molecule has 2 aromatic rings. The second-order valence-corrected chi connectivity index (χ2v) is 8.21. The number of hydrogen-bond donors (Lipinski definition) is 1. The molecule has 1 fully saturated rings. The molecule has 1 amide bonds. The number of halogens is 1. The second kappa shape index (κ2) is 9.48. The number of benzene rings is 1. The molecule has 0 saturated carbocycles. The van der Waals surface area contributed by atoms with Gasteiger partial charge < -0.3 is 5.32 Å². The highest BCUT2D eigenvalue weighted by atomic mass is 79.9. The zero-order valence-corrected chi connectivity index (χ0v) is 16.7. The number of amides is 1. The third kappa shape index (κ3) is 5.92. The summed E-state index contributed by atoms with van der Waals surface area (Å²) in [4.78, 5) is 18.3. The van der Waals surface area contributed by atoms with E-state index >= 15 is 0 Å². The predicted molar refractivity (Wildman–Crippen MR) is 107 cm³/mol. The number of thiophene rings is 1. The third-order valence-corrected chi connectivity index (χ3v) is 6.35. The Morgan fingerprint density at radius 3 is 2.60 bits per heavy atom. The molecule has 0 atom stereocenters. The Bertz CT molecular complexity index is 676. The smallest absolute Gasteiger partial charge is 0.234 e. The minimum absolute atomic E-state index is 0.110. The van der Waals surface area contributed by atoms with Gasteiger partial charge >= 0.3 is 0 Å². The van der Waals surface area contributed by atoms with Crippen LogP contribution in [0, 0.1) is 0 Å². The topological polar surface area (TPSA) is 35.6 Å². The van der Waals surface area contributed by atoms with Gasteiger partial charge in [0.25, 0.3) is 0 Å². The van der Waals surface area contributed by atoms with Crippen LogP contribution in [0.3, 0.4) is 0 Å². The van der Waals surface area contributed by atoms with Crippen LogP contribution in [0.5, 0.6) is 0 Å². The number of nitrogens with zero attached hydrogens (tertiary/aromatic N) is 2. The fourth-order valence-corrected chi connectivity index (χ4v) is 4.56. The van der Waals surface area contributed by atoms with Gasteiger partial charge in [-0.1, -0.05) is 30.3 Å². The molecule has 3 rings (SSSR count). The molecular formula is C19H24BrN3OS. The number of carbonyl (C=O) groups excluding carboxylic acids is 1. The quantitative estimate of drug-likeness (QED) is 0.776. The molecule has 1 saturated heterocycles. The summed E-state index contributed by atoms with van der Waals surface area (Å²) in [5.74, 6) is 0.110. The van der Waals surface area contributed by atoms with E-state index in [1.165, 1.54) is 9.35 Å². The van der Waals surface area contributed by atoms with Crippen LogP contribution in [0.2, 0.25) is 0 Å². The van der Waals surface area contributed by atoms with Gasteiger partial charge in [-0.25, -0.2) is 0 Å². The van der Waals surface area contributed by atoms with Gasteiger partial charge in [-0.3, -0.25) is 14.6 Å². The lowest BCUT2D eigenvalue weighted by Crippen LogP contribution is -2.39. The summed E-state index contributed by atoms with van der Waals surface area (Å²) < 4.78 is 1.21. The predicted octanol–water partition coefficient (Wildman–Crippen LogP) is 3.33. The minimum Gasteiger partial charge on any atom is -0.351 e. The molecule has 0 aliphatic carbocycles. The summed E-state index contributed by atoms with van der Waals surface area (Å²) in [6.45, 7) is 6.12. The summed E-state index contributed by atoms with van der Waals surface area (Å²) in [6.07, 6.45) is 1.11. The third-order valence-electron chi connectivity index (χ3n) is 4.44.